The van der Waals surface area contributed by atoms with Gasteiger partial charge in [-0.1, -0.05) is 60.1 Å². The van der Waals surface area contributed by atoms with Crippen LogP contribution in [0.15, 0.2) is 83.8 Å². The van der Waals surface area contributed by atoms with Crippen molar-refractivity contribution in [2.45, 2.75) is 17.6 Å². The van der Waals surface area contributed by atoms with Gasteiger partial charge in [-0.2, -0.15) is 18.3 Å². The number of anilines is 1. The summed E-state index contributed by atoms with van der Waals surface area (Å²) in [6.45, 7) is -0.124. The van der Waals surface area contributed by atoms with Gasteiger partial charge in [0.05, 0.1) is 33.5 Å². The lowest BCUT2D eigenvalue weighted by molar-refractivity contribution is -0.141. The monoisotopic (exact) mass is 505 g/mol. The van der Waals surface area contributed by atoms with Crippen LogP contribution in [0.3, 0.4) is 0 Å². The Kier molecular flexibility index (Phi) is 6.42. The van der Waals surface area contributed by atoms with E-state index in [2.05, 4.69) is 10.4 Å². The maximum absolute atomic E-state index is 13.4. The van der Waals surface area contributed by atoms with Crippen molar-refractivity contribution in [2.75, 3.05) is 11.6 Å². The standard InChI is InChI=1S/C24H19ClF3N3O2S/c1-34(32,33)22-13-17(16-7-3-2-4-8-16)11-12-20(22)29-15-18-14-23(24(26,27)28)30-31(18)21-10-6-5-9-19(21)25/h2-14,29H,15H2,1H3. The molecule has 4 rings (SSSR count). The average molecular weight is 506 g/mol. The molecule has 5 nitrogen and oxygen atoms in total. The van der Waals surface area contributed by atoms with Gasteiger partial charge in [0, 0.05) is 6.26 Å². The summed E-state index contributed by atoms with van der Waals surface area (Å²) in [5.41, 5.74) is 1.17. The number of hydrogen-bond acceptors (Lipinski definition) is 4. The summed E-state index contributed by atoms with van der Waals surface area (Å²) in [7, 11) is -3.64. The number of alkyl halides is 3. The van der Waals surface area contributed by atoms with Gasteiger partial charge in [0.25, 0.3) is 0 Å². The number of sulfone groups is 1. The molecule has 0 bridgehead atoms. The molecule has 1 heterocycles. The fourth-order valence-corrected chi connectivity index (χ4v) is 4.58. The van der Waals surface area contributed by atoms with E-state index >= 15 is 0 Å². The Morgan fingerprint density at radius 1 is 0.941 bits per heavy atom. The molecular weight excluding hydrogens is 487 g/mol. The second-order valence-corrected chi connectivity index (χ2v) is 9.98. The number of nitrogens with zero attached hydrogens (tertiary/aromatic N) is 2. The molecule has 0 aliphatic rings. The fourth-order valence-electron chi connectivity index (χ4n) is 3.49. The van der Waals surface area contributed by atoms with Crippen molar-refractivity contribution in [3.8, 4) is 16.8 Å². The second kappa shape index (κ2) is 9.15. The summed E-state index contributed by atoms with van der Waals surface area (Å²) in [5.74, 6) is 0. The maximum atomic E-state index is 13.4. The molecule has 3 aromatic carbocycles. The van der Waals surface area contributed by atoms with Crippen molar-refractivity contribution in [1.82, 2.24) is 9.78 Å². The average Bonchev–Trinajstić information content (AvgIpc) is 3.22. The summed E-state index contributed by atoms with van der Waals surface area (Å²) in [6.07, 6.45) is -3.57. The van der Waals surface area contributed by atoms with E-state index in [4.69, 9.17) is 11.6 Å². The topological polar surface area (TPSA) is 64.0 Å². The molecule has 0 amide bonds. The smallest absolute Gasteiger partial charge is 0.378 e. The van der Waals surface area contributed by atoms with Gasteiger partial charge in [0.1, 0.15) is 0 Å². The molecule has 10 heteroatoms. The molecule has 1 N–H and O–H groups in total. The Balaban J connectivity index is 1.72. The second-order valence-electron chi connectivity index (χ2n) is 7.58. The molecule has 0 saturated heterocycles. The van der Waals surface area contributed by atoms with Gasteiger partial charge in [-0.25, -0.2) is 13.1 Å². The maximum Gasteiger partial charge on any atom is 0.435 e. The van der Waals surface area contributed by atoms with E-state index in [1.165, 1.54) is 0 Å². The van der Waals surface area contributed by atoms with Gasteiger partial charge < -0.3 is 5.32 Å². The van der Waals surface area contributed by atoms with Crippen LogP contribution >= 0.6 is 11.6 Å². The Bertz CT molecular complexity index is 1440. The Morgan fingerprint density at radius 2 is 1.62 bits per heavy atom. The van der Waals surface area contributed by atoms with Gasteiger partial charge in [0.2, 0.25) is 0 Å². The van der Waals surface area contributed by atoms with Gasteiger partial charge in [-0.15, -0.1) is 0 Å². The third-order valence-electron chi connectivity index (χ3n) is 5.10. The highest BCUT2D eigenvalue weighted by atomic mass is 35.5. The zero-order valence-electron chi connectivity index (χ0n) is 17.8. The summed E-state index contributed by atoms with van der Waals surface area (Å²) in [6, 6.07) is 21.4. The van der Waals surface area contributed by atoms with Gasteiger partial charge >= 0.3 is 6.18 Å². The summed E-state index contributed by atoms with van der Waals surface area (Å²) >= 11 is 6.19. The summed E-state index contributed by atoms with van der Waals surface area (Å²) in [5, 5.41) is 6.88. The van der Waals surface area contributed by atoms with Crippen LogP contribution in [0, 0.1) is 0 Å². The van der Waals surface area contributed by atoms with Gasteiger partial charge in [-0.3, -0.25) is 0 Å². The van der Waals surface area contributed by atoms with Gasteiger partial charge in [-0.05, 0) is 41.5 Å². The van der Waals surface area contributed by atoms with Crippen LogP contribution in [0.5, 0.6) is 0 Å². The third-order valence-corrected chi connectivity index (χ3v) is 6.56. The molecule has 0 spiro atoms. The molecule has 176 valence electrons. The van der Waals surface area contributed by atoms with E-state index in [1.807, 2.05) is 30.3 Å². The number of halogens is 4. The first-order chi connectivity index (χ1) is 16.0. The van der Waals surface area contributed by atoms with Crippen molar-refractivity contribution in [1.29, 1.82) is 0 Å². The van der Waals surface area contributed by atoms with Crippen LogP contribution in [0.25, 0.3) is 16.8 Å². The highest BCUT2D eigenvalue weighted by molar-refractivity contribution is 7.90. The molecule has 4 aromatic rings. The minimum absolute atomic E-state index is 0.0358. The highest BCUT2D eigenvalue weighted by Gasteiger charge is 2.35. The van der Waals surface area contributed by atoms with Crippen LogP contribution in [0.1, 0.15) is 11.4 Å². The van der Waals surface area contributed by atoms with Crippen molar-refractivity contribution >= 4 is 27.1 Å². The predicted octanol–water partition coefficient (Wildman–Crippen LogP) is 6.23. The van der Waals surface area contributed by atoms with Crippen LogP contribution in [0.4, 0.5) is 18.9 Å². The predicted molar refractivity (Wildman–Crippen MR) is 126 cm³/mol. The third kappa shape index (κ3) is 5.10. The first kappa shape index (κ1) is 23.8. The van der Waals surface area contributed by atoms with Crippen LogP contribution < -0.4 is 5.32 Å². The van der Waals surface area contributed by atoms with Crippen LogP contribution in [-0.4, -0.2) is 24.5 Å². The quantitative estimate of drug-likeness (QED) is 0.337. The summed E-state index contributed by atoms with van der Waals surface area (Å²) < 4.78 is 66.2. The molecular formula is C24H19ClF3N3O2S. The van der Waals surface area contributed by atoms with E-state index in [0.29, 0.717) is 5.56 Å². The number of hydrogen-bond donors (Lipinski definition) is 1. The Hall–Kier alpha value is -3.30. The Morgan fingerprint density at radius 3 is 2.26 bits per heavy atom. The first-order valence-electron chi connectivity index (χ1n) is 10.1. The minimum Gasteiger partial charge on any atom is -0.378 e. The number of nitrogens with one attached hydrogen (secondary N) is 1. The molecule has 0 atom stereocenters. The highest BCUT2D eigenvalue weighted by Crippen LogP contribution is 2.32. The molecule has 0 aliphatic carbocycles. The zero-order chi connectivity index (χ0) is 24.5. The van der Waals surface area contributed by atoms with Crippen LogP contribution in [-0.2, 0) is 22.6 Å². The van der Waals surface area contributed by atoms with Crippen molar-refractivity contribution < 1.29 is 21.6 Å². The summed E-state index contributed by atoms with van der Waals surface area (Å²) in [4.78, 5) is 0.0358. The van der Waals surface area contributed by atoms with E-state index in [9.17, 15) is 21.6 Å². The van der Waals surface area contributed by atoms with E-state index in [1.54, 1.807) is 42.5 Å². The Labute approximate surface area is 199 Å². The number of aromatic nitrogens is 2. The number of benzene rings is 3. The van der Waals surface area contributed by atoms with E-state index < -0.39 is 21.7 Å². The number of rotatable bonds is 6. The van der Waals surface area contributed by atoms with E-state index in [-0.39, 0.29) is 33.5 Å². The fraction of sp³-hybridized carbons (Fsp3) is 0.125. The van der Waals surface area contributed by atoms with Crippen LogP contribution in [0.2, 0.25) is 5.02 Å². The molecule has 0 fully saturated rings. The van der Waals surface area contributed by atoms with Crippen molar-refractivity contribution in [3.05, 3.63) is 95.3 Å². The molecule has 0 aliphatic heterocycles. The molecule has 0 saturated carbocycles. The number of para-hydroxylation sites is 1. The molecule has 34 heavy (non-hydrogen) atoms. The first-order valence-corrected chi connectivity index (χ1v) is 12.4. The SMILES string of the molecule is CS(=O)(=O)c1cc(-c2ccccc2)ccc1NCc1cc(C(F)(F)F)nn1-c1ccccc1Cl. The normalized spacial score (nSPS) is 12.0. The largest absolute Gasteiger partial charge is 0.435 e. The lowest BCUT2D eigenvalue weighted by atomic mass is 10.1. The van der Waals surface area contributed by atoms with Crippen molar-refractivity contribution in [2.24, 2.45) is 0 Å². The van der Waals surface area contributed by atoms with Gasteiger partial charge in [0.15, 0.2) is 15.5 Å². The lowest BCUT2D eigenvalue weighted by Gasteiger charge is -2.14. The zero-order valence-corrected chi connectivity index (χ0v) is 19.4. The molecule has 0 radical (unpaired) electrons. The van der Waals surface area contributed by atoms with Crippen molar-refractivity contribution in [3.63, 3.8) is 0 Å². The lowest BCUT2D eigenvalue weighted by Crippen LogP contribution is -2.11. The van der Waals surface area contributed by atoms with E-state index in [0.717, 1.165) is 22.6 Å². The minimum atomic E-state index is -4.66. The molecule has 0 unspecified atom stereocenters. The molecule has 1 aromatic heterocycles.